The average molecular weight is 407 g/mol. The molecule has 0 bridgehead atoms. The first-order valence-corrected chi connectivity index (χ1v) is 9.81. The standard InChI is InChI=1S/C23H25N3O4/c1-3-26(16-21(27)25-18-10-7-11-19(14-18)29-2)23(28)13-12-22-24-15-20(30-22)17-8-5-4-6-9-17/h4-11,14-15H,3,12-13,16H2,1-2H3,(H,25,27). The maximum Gasteiger partial charge on any atom is 0.243 e. The number of oxazole rings is 1. The van der Waals surface area contributed by atoms with Gasteiger partial charge in [0.15, 0.2) is 11.7 Å². The Kier molecular flexibility index (Phi) is 7.21. The number of aryl methyl sites for hydroxylation is 1. The van der Waals surface area contributed by atoms with Crippen LogP contribution in [0.2, 0.25) is 0 Å². The summed E-state index contributed by atoms with van der Waals surface area (Å²) >= 11 is 0. The highest BCUT2D eigenvalue weighted by Crippen LogP contribution is 2.20. The van der Waals surface area contributed by atoms with Crippen molar-refractivity contribution in [2.45, 2.75) is 19.8 Å². The molecule has 0 fully saturated rings. The van der Waals surface area contributed by atoms with Crippen LogP contribution in [0.25, 0.3) is 11.3 Å². The molecule has 0 saturated carbocycles. The molecule has 156 valence electrons. The maximum absolute atomic E-state index is 12.6. The third-order valence-electron chi connectivity index (χ3n) is 4.59. The lowest BCUT2D eigenvalue weighted by Crippen LogP contribution is -2.38. The van der Waals surface area contributed by atoms with Gasteiger partial charge >= 0.3 is 0 Å². The van der Waals surface area contributed by atoms with Crippen molar-refractivity contribution >= 4 is 17.5 Å². The van der Waals surface area contributed by atoms with Gasteiger partial charge in [0.05, 0.1) is 19.9 Å². The second-order valence-corrected chi connectivity index (χ2v) is 6.67. The number of hydrogen-bond donors (Lipinski definition) is 1. The van der Waals surface area contributed by atoms with Crippen molar-refractivity contribution in [3.63, 3.8) is 0 Å². The first-order chi connectivity index (χ1) is 14.6. The number of likely N-dealkylation sites (N-methyl/N-ethyl adjacent to an activating group) is 1. The van der Waals surface area contributed by atoms with E-state index in [0.717, 1.165) is 5.56 Å². The zero-order valence-electron chi connectivity index (χ0n) is 17.1. The molecule has 3 rings (SSSR count). The highest BCUT2D eigenvalue weighted by Gasteiger charge is 2.17. The Morgan fingerprint density at radius 3 is 2.67 bits per heavy atom. The molecule has 30 heavy (non-hydrogen) atoms. The number of rotatable bonds is 9. The van der Waals surface area contributed by atoms with Crippen LogP contribution in [0, 0.1) is 0 Å². The number of amides is 2. The summed E-state index contributed by atoms with van der Waals surface area (Å²) in [4.78, 5) is 30.7. The third-order valence-corrected chi connectivity index (χ3v) is 4.59. The molecule has 1 aromatic heterocycles. The lowest BCUT2D eigenvalue weighted by Gasteiger charge is -2.20. The SMILES string of the molecule is CCN(CC(=O)Nc1cccc(OC)c1)C(=O)CCc1ncc(-c2ccccc2)o1. The first kappa shape index (κ1) is 21.1. The fourth-order valence-corrected chi connectivity index (χ4v) is 2.98. The fraction of sp³-hybridized carbons (Fsp3) is 0.261. The molecule has 3 aromatic rings. The summed E-state index contributed by atoms with van der Waals surface area (Å²) < 4.78 is 10.9. The number of methoxy groups -OCH3 is 1. The van der Waals surface area contributed by atoms with E-state index in [1.54, 1.807) is 37.6 Å². The molecule has 0 atom stereocenters. The van der Waals surface area contributed by atoms with E-state index in [1.165, 1.54) is 4.90 Å². The second-order valence-electron chi connectivity index (χ2n) is 6.67. The van der Waals surface area contributed by atoms with Crippen LogP contribution in [-0.4, -0.2) is 41.9 Å². The molecule has 0 aliphatic rings. The van der Waals surface area contributed by atoms with Crippen LogP contribution in [0.4, 0.5) is 5.69 Å². The van der Waals surface area contributed by atoms with Gasteiger partial charge in [-0.2, -0.15) is 0 Å². The van der Waals surface area contributed by atoms with Crippen LogP contribution in [0.15, 0.2) is 65.2 Å². The topological polar surface area (TPSA) is 84.7 Å². The Hall–Kier alpha value is -3.61. The Bertz CT molecular complexity index is 985. The highest BCUT2D eigenvalue weighted by atomic mass is 16.5. The van der Waals surface area contributed by atoms with Gasteiger partial charge in [-0.05, 0) is 19.1 Å². The number of ether oxygens (including phenoxy) is 1. The van der Waals surface area contributed by atoms with E-state index in [9.17, 15) is 9.59 Å². The minimum atomic E-state index is -0.263. The number of hydrogen-bond acceptors (Lipinski definition) is 5. The van der Waals surface area contributed by atoms with Gasteiger partial charge in [-0.1, -0.05) is 36.4 Å². The molecule has 2 amide bonds. The predicted octanol–water partition coefficient (Wildman–Crippen LogP) is 3.77. The van der Waals surface area contributed by atoms with E-state index in [-0.39, 0.29) is 24.8 Å². The van der Waals surface area contributed by atoms with E-state index >= 15 is 0 Å². The van der Waals surface area contributed by atoms with Gasteiger partial charge < -0.3 is 19.4 Å². The lowest BCUT2D eigenvalue weighted by molar-refractivity contribution is -0.134. The van der Waals surface area contributed by atoms with Crippen LogP contribution in [0.5, 0.6) is 5.75 Å². The van der Waals surface area contributed by atoms with Gasteiger partial charge in [0.1, 0.15) is 5.75 Å². The fourth-order valence-electron chi connectivity index (χ4n) is 2.98. The monoisotopic (exact) mass is 407 g/mol. The summed E-state index contributed by atoms with van der Waals surface area (Å²) in [5.74, 6) is 1.43. The van der Waals surface area contributed by atoms with Gasteiger partial charge in [0, 0.05) is 36.7 Å². The highest BCUT2D eigenvalue weighted by molar-refractivity contribution is 5.94. The summed E-state index contributed by atoms with van der Waals surface area (Å²) in [7, 11) is 1.56. The van der Waals surface area contributed by atoms with E-state index < -0.39 is 0 Å². The Morgan fingerprint density at radius 2 is 1.93 bits per heavy atom. The van der Waals surface area contributed by atoms with Gasteiger partial charge in [-0.3, -0.25) is 9.59 Å². The number of carbonyl (C=O) groups excluding carboxylic acids is 2. The van der Waals surface area contributed by atoms with Crippen molar-refractivity contribution in [2.75, 3.05) is 25.5 Å². The van der Waals surface area contributed by atoms with Gasteiger partial charge in [-0.15, -0.1) is 0 Å². The molecule has 0 spiro atoms. The number of nitrogens with one attached hydrogen (secondary N) is 1. The largest absolute Gasteiger partial charge is 0.497 e. The molecule has 0 saturated heterocycles. The predicted molar refractivity (Wildman–Crippen MR) is 114 cm³/mol. The maximum atomic E-state index is 12.6. The van der Waals surface area contributed by atoms with Crippen molar-refractivity contribution in [1.82, 2.24) is 9.88 Å². The zero-order valence-corrected chi connectivity index (χ0v) is 17.1. The molecular formula is C23H25N3O4. The molecule has 2 aromatic carbocycles. The Labute approximate surface area is 175 Å². The molecule has 1 N–H and O–H groups in total. The van der Waals surface area contributed by atoms with Gasteiger partial charge in [-0.25, -0.2) is 4.98 Å². The van der Waals surface area contributed by atoms with Crippen molar-refractivity contribution < 1.29 is 18.7 Å². The van der Waals surface area contributed by atoms with E-state index in [0.29, 0.717) is 36.1 Å². The lowest BCUT2D eigenvalue weighted by atomic mass is 10.2. The van der Waals surface area contributed by atoms with E-state index in [1.807, 2.05) is 37.3 Å². The van der Waals surface area contributed by atoms with Crippen LogP contribution in [-0.2, 0) is 16.0 Å². The Morgan fingerprint density at radius 1 is 1.13 bits per heavy atom. The molecular weight excluding hydrogens is 382 g/mol. The summed E-state index contributed by atoms with van der Waals surface area (Å²) in [6, 6.07) is 16.7. The minimum absolute atomic E-state index is 0.0204. The molecule has 0 aliphatic heterocycles. The smallest absolute Gasteiger partial charge is 0.243 e. The van der Waals surface area contributed by atoms with Crippen molar-refractivity contribution in [3.8, 4) is 17.1 Å². The van der Waals surface area contributed by atoms with Crippen molar-refractivity contribution in [1.29, 1.82) is 0 Å². The molecule has 7 heteroatoms. The third kappa shape index (κ3) is 5.70. The van der Waals surface area contributed by atoms with E-state index in [2.05, 4.69) is 10.3 Å². The van der Waals surface area contributed by atoms with Crippen LogP contribution in [0.3, 0.4) is 0 Å². The van der Waals surface area contributed by atoms with Crippen LogP contribution >= 0.6 is 0 Å². The number of anilines is 1. The molecule has 0 unspecified atom stereocenters. The summed E-state index contributed by atoms with van der Waals surface area (Å²) in [6.45, 7) is 2.26. The molecule has 0 radical (unpaired) electrons. The molecule has 7 nitrogen and oxygen atoms in total. The average Bonchev–Trinajstić information content (AvgIpc) is 3.25. The number of carbonyl (C=O) groups is 2. The first-order valence-electron chi connectivity index (χ1n) is 9.81. The van der Waals surface area contributed by atoms with Crippen LogP contribution in [0.1, 0.15) is 19.2 Å². The summed E-state index contributed by atoms with van der Waals surface area (Å²) in [5.41, 5.74) is 1.56. The number of benzene rings is 2. The molecule has 0 aliphatic carbocycles. The molecule has 1 heterocycles. The second kappa shape index (κ2) is 10.2. The van der Waals surface area contributed by atoms with Gasteiger partial charge in [0.2, 0.25) is 11.8 Å². The van der Waals surface area contributed by atoms with E-state index in [4.69, 9.17) is 9.15 Å². The number of nitrogens with zero attached hydrogens (tertiary/aromatic N) is 2. The Balaban J connectivity index is 1.52. The van der Waals surface area contributed by atoms with Crippen molar-refractivity contribution in [3.05, 3.63) is 66.7 Å². The van der Waals surface area contributed by atoms with Gasteiger partial charge in [0.25, 0.3) is 0 Å². The number of aromatic nitrogens is 1. The summed E-state index contributed by atoms with van der Waals surface area (Å²) in [5, 5.41) is 2.79. The minimum Gasteiger partial charge on any atom is -0.497 e. The normalized spacial score (nSPS) is 10.5. The zero-order chi connectivity index (χ0) is 21.3. The van der Waals surface area contributed by atoms with Crippen LogP contribution < -0.4 is 10.1 Å². The van der Waals surface area contributed by atoms with Crippen molar-refractivity contribution in [2.24, 2.45) is 0 Å². The quantitative estimate of drug-likeness (QED) is 0.584. The summed E-state index contributed by atoms with van der Waals surface area (Å²) in [6.07, 6.45) is 2.25.